The molecule has 32 heavy (non-hydrogen) atoms. The van der Waals surface area contributed by atoms with E-state index in [0.717, 1.165) is 34.6 Å². The van der Waals surface area contributed by atoms with Crippen molar-refractivity contribution in [3.63, 3.8) is 0 Å². The van der Waals surface area contributed by atoms with E-state index in [1.54, 1.807) is 16.2 Å². The van der Waals surface area contributed by atoms with Gasteiger partial charge in [-0.1, -0.05) is 42.4 Å². The van der Waals surface area contributed by atoms with Gasteiger partial charge in [-0.2, -0.15) is 4.98 Å². The standard InChI is InChI=1S/C24H28N4O3S/c1-4-17-9-11-18(12-10-17)21-20(23-26-22(27-31-23)19-8-6-15-32-19)16(3)28(24(29)25-21)13-7-14-30-5-2/h6,8-12,15,21H,4-5,7,13-14H2,1-3H3,(H,25,29). The van der Waals surface area contributed by atoms with Gasteiger partial charge < -0.3 is 14.6 Å². The molecular formula is C24H28N4O3S. The van der Waals surface area contributed by atoms with E-state index < -0.39 is 0 Å². The summed E-state index contributed by atoms with van der Waals surface area (Å²) in [6, 6.07) is 11.7. The van der Waals surface area contributed by atoms with E-state index in [1.807, 2.05) is 31.4 Å². The second kappa shape index (κ2) is 10.1. The molecule has 0 fully saturated rings. The molecule has 8 heteroatoms. The first-order chi connectivity index (χ1) is 15.6. The van der Waals surface area contributed by atoms with Gasteiger partial charge in [-0.3, -0.25) is 4.90 Å². The number of urea groups is 1. The van der Waals surface area contributed by atoms with Gasteiger partial charge in [-0.15, -0.1) is 11.3 Å². The van der Waals surface area contributed by atoms with Crippen LogP contribution in [0, 0.1) is 0 Å². The van der Waals surface area contributed by atoms with E-state index in [4.69, 9.17) is 9.26 Å². The molecule has 0 aliphatic carbocycles. The number of allylic oxidation sites excluding steroid dienone is 1. The maximum absolute atomic E-state index is 13.0. The van der Waals surface area contributed by atoms with E-state index in [1.165, 1.54) is 5.56 Å². The lowest BCUT2D eigenvalue weighted by Crippen LogP contribution is -2.46. The molecule has 2 amide bonds. The summed E-state index contributed by atoms with van der Waals surface area (Å²) in [7, 11) is 0. The van der Waals surface area contributed by atoms with Crippen molar-refractivity contribution >= 4 is 22.9 Å². The number of ether oxygens (including phenoxy) is 1. The number of aromatic nitrogens is 2. The van der Waals surface area contributed by atoms with Gasteiger partial charge in [0.15, 0.2) is 0 Å². The van der Waals surface area contributed by atoms with Crippen LogP contribution >= 0.6 is 11.3 Å². The van der Waals surface area contributed by atoms with Crippen LogP contribution in [0.25, 0.3) is 16.3 Å². The average Bonchev–Trinajstić information content (AvgIpc) is 3.50. The van der Waals surface area contributed by atoms with Crippen molar-refractivity contribution in [3.8, 4) is 10.7 Å². The molecule has 1 unspecified atom stereocenters. The maximum atomic E-state index is 13.0. The fraction of sp³-hybridized carbons (Fsp3) is 0.375. The van der Waals surface area contributed by atoms with Gasteiger partial charge in [-0.25, -0.2) is 4.79 Å². The van der Waals surface area contributed by atoms with Gasteiger partial charge in [-0.05, 0) is 49.3 Å². The van der Waals surface area contributed by atoms with Gasteiger partial charge in [0.2, 0.25) is 5.82 Å². The van der Waals surface area contributed by atoms with E-state index >= 15 is 0 Å². The second-order valence-electron chi connectivity index (χ2n) is 7.58. The van der Waals surface area contributed by atoms with Crippen LogP contribution in [-0.4, -0.2) is 40.8 Å². The van der Waals surface area contributed by atoms with Crippen LogP contribution in [0.15, 0.2) is 52.0 Å². The topological polar surface area (TPSA) is 80.5 Å². The Hall–Kier alpha value is -2.97. The van der Waals surface area contributed by atoms with Gasteiger partial charge in [0, 0.05) is 25.5 Å². The molecule has 0 spiro atoms. The number of carbonyl (C=O) groups excluding carboxylic acids is 1. The third kappa shape index (κ3) is 4.61. The Morgan fingerprint density at radius 2 is 2.03 bits per heavy atom. The summed E-state index contributed by atoms with van der Waals surface area (Å²) in [5.41, 5.74) is 3.86. The molecule has 1 aliphatic heterocycles. The number of rotatable bonds is 9. The summed E-state index contributed by atoms with van der Waals surface area (Å²) in [6.07, 6.45) is 1.70. The molecule has 2 aromatic heterocycles. The highest BCUT2D eigenvalue weighted by atomic mass is 32.1. The minimum Gasteiger partial charge on any atom is -0.382 e. The smallest absolute Gasteiger partial charge is 0.322 e. The molecule has 7 nitrogen and oxygen atoms in total. The lowest BCUT2D eigenvalue weighted by molar-refractivity contribution is 0.136. The van der Waals surface area contributed by atoms with E-state index in [9.17, 15) is 4.79 Å². The third-order valence-electron chi connectivity index (χ3n) is 5.59. The first-order valence-electron chi connectivity index (χ1n) is 11.0. The number of hydrogen-bond donors (Lipinski definition) is 1. The van der Waals surface area contributed by atoms with Crippen LogP contribution in [0.3, 0.4) is 0 Å². The number of carbonyl (C=O) groups is 1. The van der Waals surface area contributed by atoms with Crippen LogP contribution < -0.4 is 5.32 Å². The number of nitrogens with zero attached hydrogens (tertiary/aromatic N) is 3. The second-order valence-corrected chi connectivity index (χ2v) is 8.53. The Kier molecular flexibility index (Phi) is 7.02. The minimum absolute atomic E-state index is 0.134. The Morgan fingerprint density at radius 1 is 1.22 bits per heavy atom. The predicted molar refractivity (Wildman–Crippen MR) is 125 cm³/mol. The van der Waals surface area contributed by atoms with Crippen LogP contribution in [0.2, 0.25) is 0 Å². The van der Waals surface area contributed by atoms with Crippen LogP contribution in [-0.2, 0) is 11.2 Å². The summed E-state index contributed by atoms with van der Waals surface area (Å²) >= 11 is 1.56. The molecule has 0 radical (unpaired) electrons. The molecule has 1 N–H and O–H groups in total. The zero-order valence-corrected chi connectivity index (χ0v) is 19.4. The highest BCUT2D eigenvalue weighted by Gasteiger charge is 2.35. The maximum Gasteiger partial charge on any atom is 0.322 e. The monoisotopic (exact) mass is 452 g/mol. The molecular weight excluding hydrogens is 424 g/mol. The third-order valence-corrected chi connectivity index (χ3v) is 6.46. The Balaban J connectivity index is 1.72. The Bertz CT molecular complexity index is 1070. The number of amides is 2. The fourth-order valence-corrected chi connectivity index (χ4v) is 4.48. The lowest BCUT2D eigenvalue weighted by Gasteiger charge is -2.35. The average molecular weight is 453 g/mol. The van der Waals surface area contributed by atoms with Crippen molar-refractivity contribution in [2.24, 2.45) is 0 Å². The summed E-state index contributed by atoms with van der Waals surface area (Å²) in [4.78, 5) is 20.4. The minimum atomic E-state index is -0.367. The number of aryl methyl sites for hydroxylation is 1. The highest BCUT2D eigenvalue weighted by Crippen LogP contribution is 2.37. The number of nitrogens with one attached hydrogen (secondary N) is 1. The van der Waals surface area contributed by atoms with Crippen molar-refractivity contribution < 1.29 is 14.1 Å². The number of hydrogen-bond acceptors (Lipinski definition) is 6. The SMILES string of the molecule is CCOCCCN1C(=O)NC(c2ccc(CC)cc2)C(c2nc(-c3cccs3)no2)=C1C. The van der Waals surface area contributed by atoms with E-state index in [2.05, 4.69) is 46.6 Å². The molecule has 0 saturated heterocycles. The van der Waals surface area contributed by atoms with Crippen molar-refractivity contribution in [1.82, 2.24) is 20.4 Å². The molecule has 4 rings (SSSR count). The first-order valence-corrected chi connectivity index (χ1v) is 11.8. The predicted octanol–water partition coefficient (Wildman–Crippen LogP) is 5.28. The van der Waals surface area contributed by atoms with Gasteiger partial charge in [0.25, 0.3) is 5.89 Å². The number of benzene rings is 1. The van der Waals surface area contributed by atoms with Gasteiger partial charge in [0.05, 0.1) is 16.5 Å². The zero-order valence-electron chi connectivity index (χ0n) is 18.6. The van der Waals surface area contributed by atoms with Crippen LogP contribution in [0.4, 0.5) is 4.79 Å². The normalized spacial score (nSPS) is 16.5. The molecule has 3 heterocycles. The largest absolute Gasteiger partial charge is 0.382 e. The van der Waals surface area contributed by atoms with E-state index in [-0.39, 0.29) is 12.1 Å². The summed E-state index contributed by atoms with van der Waals surface area (Å²) in [5, 5.41) is 9.32. The number of thiophene rings is 1. The molecule has 1 atom stereocenters. The Morgan fingerprint density at radius 3 is 2.72 bits per heavy atom. The molecule has 0 bridgehead atoms. The van der Waals surface area contributed by atoms with Gasteiger partial charge >= 0.3 is 6.03 Å². The molecule has 1 aliphatic rings. The zero-order chi connectivity index (χ0) is 22.5. The van der Waals surface area contributed by atoms with Crippen molar-refractivity contribution in [2.75, 3.05) is 19.8 Å². The first kappa shape index (κ1) is 22.2. The van der Waals surface area contributed by atoms with Crippen molar-refractivity contribution in [3.05, 3.63) is 64.5 Å². The molecule has 168 valence electrons. The summed E-state index contributed by atoms with van der Waals surface area (Å²) in [6.45, 7) is 7.85. The van der Waals surface area contributed by atoms with Crippen molar-refractivity contribution in [2.45, 2.75) is 39.7 Å². The van der Waals surface area contributed by atoms with Crippen LogP contribution in [0.5, 0.6) is 0 Å². The van der Waals surface area contributed by atoms with Crippen molar-refractivity contribution in [1.29, 1.82) is 0 Å². The fourth-order valence-electron chi connectivity index (χ4n) is 3.83. The van der Waals surface area contributed by atoms with Gasteiger partial charge in [0.1, 0.15) is 0 Å². The lowest BCUT2D eigenvalue weighted by atomic mass is 9.93. The molecule has 0 saturated carbocycles. The summed E-state index contributed by atoms with van der Waals surface area (Å²) < 4.78 is 11.2. The molecule has 3 aromatic rings. The summed E-state index contributed by atoms with van der Waals surface area (Å²) in [5.74, 6) is 0.973. The highest BCUT2D eigenvalue weighted by molar-refractivity contribution is 7.13. The molecule has 1 aromatic carbocycles. The van der Waals surface area contributed by atoms with Crippen LogP contribution in [0.1, 0.15) is 50.3 Å². The Labute approximate surface area is 192 Å². The quantitative estimate of drug-likeness (QED) is 0.447. The van der Waals surface area contributed by atoms with E-state index in [0.29, 0.717) is 31.5 Å².